The molecule has 0 spiro atoms. The summed E-state index contributed by atoms with van der Waals surface area (Å²) in [5, 5.41) is 0. The van der Waals surface area contributed by atoms with Gasteiger partial charge in [-0.05, 0) is 12.1 Å². The lowest BCUT2D eigenvalue weighted by Gasteiger charge is -2.15. The van der Waals surface area contributed by atoms with Crippen LogP contribution in [-0.2, 0) is 5.92 Å². The molecule has 0 bridgehead atoms. The van der Waals surface area contributed by atoms with Crippen LogP contribution in [0.1, 0.15) is 16.2 Å². The van der Waals surface area contributed by atoms with Crippen LogP contribution >= 0.6 is 0 Å². The molecule has 0 unspecified atom stereocenters. The Morgan fingerprint density at radius 1 is 1.21 bits per heavy atom. The van der Waals surface area contributed by atoms with Gasteiger partial charge in [0.1, 0.15) is 5.52 Å². The number of carbonyl (C=O) groups is 1. The Kier molecular flexibility index (Phi) is 2.72. The molecule has 1 aromatic carbocycles. The Bertz CT molecular complexity index is 647. The highest BCUT2D eigenvalue weighted by molar-refractivity contribution is 6.03. The third-order valence-electron chi connectivity index (χ3n) is 2.31. The molecule has 0 aliphatic carbocycles. The average molecular weight is 280 g/mol. The number of aromatic nitrogens is 1. The molecule has 9 heteroatoms. The third-order valence-corrected chi connectivity index (χ3v) is 2.31. The molecule has 0 radical (unpaired) electrons. The van der Waals surface area contributed by atoms with Gasteiger partial charge in [0.2, 0.25) is 0 Å². The van der Waals surface area contributed by atoms with Crippen molar-refractivity contribution in [3.05, 3.63) is 29.7 Å². The number of carbonyl (C=O) groups excluding carboxylic acids is 1. The molecule has 102 valence electrons. The summed E-state index contributed by atoms with van der Waals surface area (Å²) in [6.45, 7) is 0. The monoisotopic (exact) mass is 280 g/mol. The van der Waals surface area contributed by atoms with Gasteiger partial charge >= 0.3 is 12.1 Å². The van der Waals surface area contributed by atoms with Crippen LogP contribution in [0, 0.1) is 0 Å². The van der Waals surface area contributed by atoms with Crippen molar-refractivity contribution in [3.8, 4) is 0 Å². The second-order valence-corrected chi connectivity index (χ2v) is 3.61. The molecule has 0 aliphatic rings. The van der Waals surface area contributed by atoms with Gasteiger partial charge in [0.15, 0.2) is 5.58 Å². The van der Waals surface area contributed by atoms with Crippen molar-refractivity contribution >= 4 is 17.0 Å². The number of benzene rings is 1. The number of rotatable bonds is 2. The lowest BCUT2D eigenvalue weighted by molar-refractivity contribution is -0.297. The first-order valence-electron chi connectivity index (χ1n) is 4.79. The van der Waals surface area contributed by atoms with E-state index in [-0.39, 0.29) is 11.1 Å². The van der Waals surface area contributed by atoms with E-state index in [0.29, 0.717) is 0 Å². The zero-order valence-electron chi connectivity index (χ0n) is 8.96. The number of nitrogens with two attached hydrogens (primary N) is 1. The standard InChI is InChI=1S/C10H5F5N2O2/c11-9(12,10(13,14)15)8-17-6-4(7(16)18)2-1-3-5(6)19-8/h1-3H,(H2,16,18). The van der Waals surface area contributed by atoms with Gasteiger partial charge in [0, 0.05) is 0 Å². The Morgan fingerprint density at radius 2 is 1.84 bits per heavy atom. The molecular formula is C10H5F5N2O2. The molecular weight excluding hydrogens is 275 g/mol. The lowest BCUT2D eigenvalue weighted by Crippen LogP contribution is -2.33. The lowest BCUT2D eigenvalue weighted by atomic mass is 10.2. The van der Waals surface area contributed by atoms with E-state index < -0.39 is 29.4 Å². The fraction of sp³-hybridized carbons (Fsp3) is 0.200. The van der Waals surface area contributed by atoms with E-state index in [0.717, 1.165) is 12.1 Å². The highest BCUT2D eigenvalue weighted by atomic mass is 19.4. The van der Waals surface area contributed by atoms with Gasteiger partial charge in [-0.3, -0.25) is 4.79 Å². The number of nitrogens with zero attached hydrogens (tertiary/aromatic N) is 1. The Hall–Kier alpha value is -2.19. The van der Waals surface area contributed by atoms with Crippen molar-refractivity contribution in [3.63, 3.8) is 0 Å². The van der Waals surface area contributed by atoms with Gasteiger partial charge in [-0.25, -0.2) is 4.98 Å². The van der Waals surface area contributed by atoms with Gasteiger partial charge in [-0.2, -0.15) is 22.0 Å². The SMILES string of the molecule is NC(=O)c1cccc2oc(C(F)(F)C(F)(F)F)nc12. The highest BCUT2D eigenvalue weighted by Gasteiger charge is 2.62. The zero-order valence-corrected chi connectivity index (χ0v) is 8.96. The average Bonchev–Trinajstić information content (AvgIpc) is 2.70. The Labute approximate surface area is 102 Å². The number of fused-ring (bicyclic) bond motifs is 1. The van der Waals surface area contributed by atoms with Crippen molar-refractivity contribution in [2.24, 2.45) is 5.73 Å². The molecule has 1 amide bonds. The smallest absolute Gasteiger partial charge is 0.435 e. The van der Waals surface area contributed by atoms with Crippen LogP contribution in [0.15, 0.2) is 22.6 Å². The van der Waals surface area contributed by atoms with Crippen molar-refractivity contribution in [2.75, 3.05) is 0 Å². The van der Waals surface area contributed by atoms with Crippen LogP contribution in [0.5, 0.6) is 0 Å². The molecule has 0 fully saturated rings. The van der Waals surface area contributed by atoms with E-state index in [1.807, 2.05) is 0 Å². The highest BCUT2D eigenvalue weighted by Crippen LogP contribution is 2.44. The van der Waals surface area contributed by atoms with Crippen molar-refractivity contribution in [1.29, 1.82) is 0 Å². The Morgan fingerprint density at radius 3 is 2.37 bits per heavy atom. The van der Waals surface area contributed by atoms with Crippen molar-refractivity contribution < 1.29 is 31.2 Å². The minimum Gasteiger partial charge on any atom is -0.435 e. The number of amides is 1. The number of halogens is 5. The summed E-state index contributed by atoms with van der Waals surface area (Å²) in [7, 11) is 0. The first-order valence-corrected chi connectivity index (χ1v) is 4.79. The van der Waals surface area contributed by atoms with Crippen molar-refractivity contribution in [2.45, 2.75) is 12.1 Å². The molecule has 0 saturated heterocycles. The molecule has 1 heterocycles. The van der Waals surface area contributed by atoms with E-state index in [4.69, 9.17) is 5.73 Å². The van der Waals surface area contributed by atoms with Gasteiger partial charge < -0.3 is 10.2 Å². The molecule has 19 heavy (non-hydrogen) atoms. The van der Waals surface area contributed by atoms with E-state index in [1.54, 1.807) is 0 Å². The minimum absolute atomic E-state index is 0.300. The van der Waals surface area contributed by atoms with E-state index in [1.165, 1.54) is 6.07 Å². The predicted octanol–water partition coefficient (Wildman–Crippen LogP) is 2.58. The maximum Gasteiger partial charge on any atom is 0.463 e. The second kappa shape index (κ2) is 3.90. The van der Waals surface area contributed by atoms with Crippen LogP contribution in [0.25, 0.3) is 11.1 Å². The molecule has 0 aliphatic heterocycles. The summed E-state index contributed by atoms with van der Waals surface area (Å²) in [4.78, 5) is 14.0. The Balaban J connectivity index is 2.66. The van der Waals surface area contributed by atoms with E-state index in [9.17, 15) is 26.7 Å². The maximum atomic E-state index is 13.0. The molecule has 1 aromatic heterocycles. The second-order valence-electron chi connectivity index (χ2n) is 3.61. The first kappa shape index (κ1) is 13.2. The maximum absolute atomic E-state index is 13.0. The largest absolute Gasteiger partial charge is 0.463 e. The van der Waals surface area contributed by atoms with Gasteiger partial charge in [0.05, 0.1) is 5.56 Å². The quantitative estimate of drug-likeness (QED) is 0.859. The van der Waals surface area contributed by atoms with Crippen molar-refractivity contribution in [1.82, 2.24) is 4.98 Å². The minimum atomic E-state index is -5.85. The van der Waals surface area contributed by atoms with E-state index in [2.05, 4.69) is 9.40 Å². The van der Waals surface area contributed by atoms with Crippen LogP contribution in [0.4, 0.5) is 22.0 Å². The van der Waals surface area contributed by atoms with E-state index >= 15 is 0 Å². The number of oxazole rings is 1. The number of para-hydroxylation sites is 1. The summed E-state index contributed by atoms with van der Waals surface area (Å²) >= 11 is 0. The van der Waals surface area contributed by atoms with Crippen LogP contribution in [0.3, 0.4) is 0 Å². The summed E-state index contributed by atoms with van der Waals surface area (Å²) in [6, 6.07) is 3.47. The number of primary amides is 1. The molecule has 4 nitrogen and oxygen atoms in total. The molecule has 0 atom stereocenters. The number of hydrogen-bond donors (Lipinski definition) is 1. The van der Waals surface area contributed by atoms with Crippen LogP contribution in [-0.4, -0.2) is 17.1 Å². The molecule has 2 N–H and O–H groups in total. The number of hydrogen-bond acceptors (Lipinski definition) is 3. The zero-order chi connectivity index (χ0) is 14.4. The molecule has 2 rings (SSSR count). The molecule has 2 aromatic rings. The fourth-order valence-electron chi connectivity index (χ4n) is 1.40. The topological polar surface area (TPSA) is 69.1 Å². The van der Waals surface area contributed by atoms with Gasteiger partial charge in [-0.1, -0.05) is 6.07 Å². The predicted molar refractivity (Wildman–Crippen MR) is 52.5 cm³/mol. The van der Waals surface area contributed by atoms with Crippen LogP contribution < -0.4 is 5.73 Å². The summed E-state index contributed by atoms with van der Waals surface area (Å²) in [5.41, 5.74) is 3.84. The van der Waals surface area contributed by atoms with Gasteiger partial charge in [-0.15, -0.1) is 0 Å². The summed E-state index contributed by atoms with van der Waals surface area (Å²) in [6.07, 6.45) is -5.85. The van der Waals surface area contributed by atoms with Gasteiger partial charge in [0.25, 0.3) is 11.8 Å². The first-order chi connectivity index (χ1) is 8.64. The summed E-state index contributed by atoms with van der Waals surface area (Å²) < 4.78 is 66.9. The molecule has 0 saturated carbocycles. The number of alkyl halides is 5. The fourth-order valence-corrected chi connectivity index (χ4v) is 1.40. The third kappa shape index (κ3) is 2.00. The normalized spacial score (nSPS) is 12.9. The van der Waals surface area contributed by atoms with Crippen LogP contribution in [0.2, 0.25) is 0 Å². The summed E-state index contributed by atoms with van der Waals surface area (Å²) in [5.74, 6) is -8.09.